The molecular weight excluding hydrogens is 639 g/mol. The third-order valence-electron chi connectivity index (χ3n) is 6.30. The Balaban J connectivity index is 1.75. The summed E-state index contributed by atoms with van der Waals surface area (Å²) in [5, 5.41) is 21.8. The monoisotopic (exact) mass is 670 g/mol. The number of benzene rings is 2. The van der Waals surface area contributed by atoms with Gasteiger partial charge in [0.1, 0.15) is 11.4 Å². The van der Waals surface area contributed by atoms with Gasteiger partial charge in [-0.15, -0.1) is 0 Å². The lowest BCUT2D eigenvalue weighted by Gasteiger charge is -2.11. The number of nitrogens with one attached hydrogen (secondary N) is 2. The Kier molecular flexibility index (Phi) is 13.8. The number of carbonyl (C=O) groups excluding carboxylic acids is 4. The molecular formula is C35H32Cl2N6O4. The summed E-state index contributed by atoms with van der Waals surface area (Å²) < 4.78 is 0. The molecule has 12 heteroatoms. The van der Waals surface area contributed by atoms with Crippen LogP contribution < -0.4 is 10.6 Å². The van der Waals surface area contributed by atoms with E-state index < -0.39 is 35.5 Å². The van der Waals surface area contributed by atoms with Gasteiger partial charge < -0.3 is 10.6 Å². The van der Waals surface area contributed by atoms with Crippen molar-refractivity contribution in [2.24, 2.45) is 20.5 Å². The molecule has 0 fully saturated rings. The minimum Gasteiger partial charge on any atom is -0.324 e. The number of nitrogens with zero attached hydrogens (tertiary/aromatic N) is 4. The Morgan fingerprint density at radius 3 is 1.91 bits per heavy atom. The SMILES string of the molecule is C=C/C=C\C(=C/C=C)NC(=O)C(N=Nc1ccc(-c2ccc(N=NC(C(C)=O)C(=O)NC3=CCC=CC=C3)c(Cl)c2)cc1Cl)C(C)=O. The first-order valence-corrected chi connectivity index (χ1v) is 15.0. The van der Waals surface area contributed by atoms with Gasteiger partial charge in [0.05, 0.1) is 10.0 Å². The topological polar surface area (TPSA) is 142 Å². The normalized spacial score (nSPS) is 14.5. The maximum atomic E-state index is 12.8. The lowest BCUT2D eigenvalue weighted by atomic mass is 10.0. The fraction of sp³-hybridized carbons (Fsp3) is 0.143. The Hall–Kier alpha value is -5.32. The molecule has 0 bridgehead atoms. The van der Waals surface area contributed by atoms with E-state index in [-0.39, 0.29) is 21.4 Å². The molecule has 2 N–H and O–H groups in total. The largest absolute Gasteiger partial charge is 0.324 e. The summed E-state index contributed by atoms with van der Waals surface area (Å²) in [6.07, 6.45) is 17.5. The van der Waals surface area contributed by atoms with E-state index in [1.807, 2.05) is 18.2 Å². The molecule has 0 spiro atoms. The van der Waals surface area contributed by atoms with Crippen LogP contribution in [-0.2, 0) is 19.2 Å². The molecule has 2 atom stereocenters. The van der Waals surface area contributed by atoms with Gasteiger partial charge >= 0.3 is 0 Å². The average molecular weight is 672 g/mol. The molecule has 0 aromatic heterocycles. The summed E-state index contributed by atoms with van der Waals surface area (Å²) in [4.78, 5) is 49.9. The van der Waals surface area contributed by atoms with Gasteiger partial charge in [-0.1, -0.05) is 91.0 Å². The van der Waals surface area contributed by atoms with E-state index in [1.165, 1.54) is 26.0 Å². The first kappa shape index (κ1) is 36.2. The number of halogens is 2. The molecule has 0 saturated heterocycles. The third kappa shape index (κ3) is 10.9. The standard InChI is InChI=1S/C35H32Cl2N6O4/c1-5-7-13-26(12-6-2)38-34(46)32(22(3)44)42-40-30-18-16-24(20-28(30)36)25-17-19-31(29(37)21-25)41-43-33(23(4)45)35(47)39-27-14-10-8-9-11-15-27/h5-10,12-21,32-33H,1-2,11H2,3-4H3,(H,38,46)(H,39,47)/b13-7-,26-12+,42-40?,43-41?. The predicted molar refractivity (Wildman–Crippen MR) is 185 cm³/mol. The van der Waals surface area contributed by atoms with Crippen LogP contribution in [0.1, 0.15) is 20.3 Å². The fourth-order valence-electron chi connectivity index (χ4n) is 3.94. The zero-order valence-corrected chi connectivity index (χ0v) is 27.2. The molecule has 2 amide bonds. The van der Waals surface area contributed by atoms with Gasteiger partial charge in [0.15, 0.2) is 11.6 Å². The van der Waals surface area contributed by atoms with Crippen LogP contribution in [0, 0.1) is 0 Å². The number of ketones is 2. The first-order chi connectivity index (χ1) is 22.5. The fourth-order valence-corrected chi connectivity index (χ4v) is 4.38. The number of azo groups is 2. The van der Waals surface area contributed by atoms with Crippen LogP contribution in [0.2, 0.25) is 10.0 Å². The van der Waals surface area contributed by atoms with E-state index in [0.717, 1.165) is 0 Å². The average Bonchev–Trinajstić information content (AvgIpc) is 3.29. The van der Waals surface area contributed by atoms with Crippen LogP contribution in [-0.4, -0.2) is 35.5 Å². The predicted octanol–water partition coefficient (Wildman–Crippen LogP) is 8.19. The van der Waals surface area contributed by atoms with Gasteiger partial charge in [0.25, 0.3) is 11.8 Å². The van der Waals surface area contributed by atoms with Gasteiger partial charge in [-0.2, -0.15) is 20.5 Å². The van der Waals surface area contributed by atoms with Crippen LogP contribution in [0.4, 0.5) is 11.4 Å². The van der Waals surface area contributed by atoms with Crippen molar-refractivity contribution in [2.75, 3.05) is 0 Å². The first-order valence-electron chi connectivity index (χ1n) is 14.2. The van der Waals surface area contributed by atoms with Crippen molar-refractivity contribution in [3.05, 3.63) is 132 Å². The second-order valence-electron chi connectivity index (χ2n) is 9.90. The van der Waals surface area contributed by atoms with Gasteiger partial charge in [-0.3, -0.25) is 19.2 Å². The van der Waals surface area contributed by atoms with Crippen molar-refractivity contribution in [2.45, 2.75) is 32.4 Å². The molecule has 10 nitrogen and oxygen atoms in total. The number of allylic oxidation sites excluding steroid dienone is 10. The molecule has 240 valence electrons. The highest BCUT2D eigenvalue weighted by atomic mass is 35.5. The highest BCUT2D eigenvalue weighted by Crippen LogP contribution is 2.35. The van der Waals surface area contributed by atoms with Gasteiger partial charge in [0, 0.05) is 11.4 Å². The number of Topliss-reactive ketones (excluding diaryl/α,β-unsaturated/α-hetero) is 2. The molecule has 2 aromatic carbocycles. The smallest absolute Gasteiger partial charge is 0.258 e. The van der Waals surface area contributed by atoms with Crippen molar-refractivity contribution in [3.8, 4) is 11.1 Å². The van der Waals surface area contributed by atoms with Crippen molar-refractivity contribution in [1.29, 1.82) is 0 Å². The summed E-state index contributed by atoms with van der Waals surface area (Å²) in [5.74, 6) is -2.28. The van der Waals surface area contributed by atoms with E-state index in [1.54, 1.807) is 66.8 Å². The highest BCUT2D eigenvalue weighted by Gasteiger charge is 2.24. The van der Waals surface area contributed by atoms with Crippen LogP contribution in [0.15, 0.2) is 142 Å². The van der Waals surface area contributed by atoms with E-state index in [9.17, 15) is 19.2 Å². The van der Waals surface area contributed by atoms with Crippen molar-refractivity contribution < 1.29 is 19.2 Å². The van der Waals surface area contributed by atoms with E-state index >= 15 is 0 Å². The summed E-state index contributed by atoms with van der Waals surface area (Å²) >= 11 is 12.9. The lowest BCUT2D eigenvalue weighted by Crippen LogP contribution is -2.36. The number of rotatable bonds is 14. The molecule has 0 aliphatic heterocycles. The Morgan fingerprint density at radius 1 is 0.830 bits per heavy atom. The van der Waals surface area contributed by atoms with Crippen molar-refractivity contribution in [3.63, 3.8) is 0 Å². The Labute approximate surface area is 282 Å². The second kappa shape index (κ2) is 18.0. The number of carbonyl (C=O) groups is 4. The van der Waals surface area contributed by atoms with Gasteiger partial charge in [0.2, 0.25) is 12.1 Å². The molecule has 0 radical (unpaired) electrons. The molecule has 1 aliphatic carbocycles. The summed E-state index contributed by atoms with van der Waals surface area (Å²) in [7, 11) is 0. The third-order valence-corrected chi connectivity index (χ3v) is 6.90. The van der Waals surface area contributed by atoms with Crippen LogP contribution in [0.25, 0.3) is 11.1 Å². The molecule has 2 unspecified atom stereocenters. The van der Waals surface area contributed by atoms with Crippen molar-refractivity contribution in [1.82, 2.24) is 10.6 Å². The number of hydrogen-bond donors (Lipinski definition) is 2. The van der Waals surface area contributed by atoms with Crippen LogP contribution in [0.5, 0.6) is 0 Å². The minimum atomic E-state index is -1.41. The van der Waals surface area contributed by atoms with Gasteiger partial charge in [-0.25, -0.2) is 0 Å². The zero-order chi connectivity index (χ0) is 34.3. The van der Waals surface area contributed by atoms with E-state index in [4.69, 9.17) is 23.2 Å². The van der Waals surface area contributed by atoms with Gasteiger partial charge in [-0.05, 0) is 73.9 Å². The van der Waals surface area contributed by atoms with E-state index in [0.29, 0.717) is 28.9 Å². The highest BCUT2D eigenvalue weighted by molar-refractivity contribution is 6.34. The molecule has 1 aliphatic rings. The Bertz CT molecular complexity index is 1790. The lowest BCUT2D eigenvalue weighted by molar-refractivity contribution is -0.130. The Morgan fingerprint density at radius 2 is 1.40 bits per heavy atom. The van der Waals surface area contributed by atoms with Crippen LogP contribution in [0.3, 0.4) is 0 Å². The van der Waals surface area contributed by atoms with Crippen LogP contribution >= 0.6 is 23.2 Å². The zero-order valence-electron chi connectivity index (χ0n) is 25.7. The maximum Gasteiger partial charge on any atom is 0.258 e. The number of hydrogen-bond acceptors (Lipinski definition) is 8. The molecule has 2 aromatic rings. The number of amides is 2. The summed E-state index contributed by atoms with van der Waals surface area (Å²) in [6.45, 7) is 9.69. The maximum absolute atomic E-state index is 12.8. The quantitative estimate of drug-likeness (QED) is 0.119. The molecule has 3 rings (SSSR count). The van der Waals surface area contributed by atoms with Crippen molar-refractivity contribution >= 4 is 58.0 Å². The molecule has 0 saturated carbocycles. The summed E-state index contributed by atoms with van der Waals surface area (Å²) in [6, 6.07) is 7.09. The molecule has 47 heavy (non-hydrogen) atoms. The summed E-state index contributed by atoms with van der Waals surface area (Å²) in [5.41, 5.74) is 2.79. The second-order valence-corrected chi connectivity index (χ2v) is 10.7. The molecule has 0 heterocycles. The van der Waals surface area contributed by atoms with E-state index in [2.05, 4.69) is 44.2 Å². The minimum absolute atomic E-state index is 0.208.